The number of halogens is 2. The van der Waals surface area contributed by atoms with Crippen LogP contribution in [0.3, 0.4) is 0 Å². The molecule has 0 amide bonds. The van der Waals surface area contributed by atoms with Gasteiger partial charge >= 0.3 is 0 Å². The number of nitrogens with one attached hydrogen (secondary N) is 1. The molecule has 0 radical (unpaired) electrons. The fraction of sp³-hybridized carbons (Fsp3) is 0.667. The molecule has 1 aromatic rings. The van der Waals surface area contributed by atoms with Crippen molar-refractivity contribution < 1.29 is 5.11 Å². The Kier molecular flexibility index (Phi) is 3.78. The van der Waals surface area contributed by atoms with Crippen LogP contribution < -0.4 is 5.32 Å². The lowest BCUT2D eigenvalue weighted by Crippen LogP contribution is -2.14. The molecule has 0 aromatic carbocycles. The van der Waals surface area contributed by atoms with Gasteiger partial charge in [-0.1, -0.05) is 0 Å². The lowest BCUT2D eigenvalue weighted by Gasteiger charge is -2.10. The van der Waals surface area contributed by atoms with E-state index in [-0.39, 0.29) is 16.7 Å². The van der Waals surface area contributed by atoms with E-state index < -0.39 is 0 Å². The molecule has 2 unspecified atom stereocenters. The maximum absolute atomic E-state index is 9.37. The standard InChI is InChI=1S/C9H12Cl2N4O/c10-7-13-8(11)15-9(14-7)12-4-5-1-2-6(16)3-5/h5-6,16H,1-4H2,(H,12,13,14,15). The van der Waals surface area contributed by atoms with Crippen molar-refractivity contribution in [2.75, 3.05) is 11.9 Å². The fourth-order valence-corrected chi connectivity index (χ4v) is 2.24. The summed E-state index contributed by atoms with van der Waals surface area (Å²) in [5, 5.41) is 12.6. The average Bonchev–Trinajstić information content (AvgIpc) is 2.60. The number of hydrogen-bond donors (Lipinski definition) is 2. The van der Waals surface area contributed by atoms with Crippen LogP contribution in [0.2, 0.25) is 10.6 Å². The Morgan fingerprint density at radius 1 is 1.19 bits per heavy atom. The smallest absolute Gasteiger partial charge is 0.228 e. The van der Waals surface area contributed by atoms with Gasteiger partial charge in [0.2, 0.25) is 16.5 Å². The lowest BCUT2D eigenvalue weighted by atomic mass is 10.1. The first kappa shape index (κ1) is 11.8. The highest BCUT2D eigenvalue weighted by atomic mass is 35.5. The summed E-state index contributed by atoms with van der Waals surface area (Å²) in [7, 11) is 0. The molecule has 1 fully saturated rings. The zero-order chi connectivity index (χ0) is 11.5. The number of aliphatic hydroxyl groups is 1. The molecule has 1 aliphatic carbocycles. The second-order valence-electron chi connectivity index (χ2n) is 3.91. The van der Waals surface area contributed by atoms with E-state index in [1.54, 1.807) is 0 Å². The van der Waals surface area contributed by atoms with Gasteiger partial charge in [-0.25, -0.2) is 0 Å². The molecule has 2 rings (SSSR count). The van der Waals surface area contributed by atoms with E-state index in [4.69, 9.17) is 23.2 Å². The molecule has 0 spiro atoms. The molecule has 2 atom stereocenters. The number of anilines is 1. The normalized spacial score (nSPS) is 24.7. The van der Waals surface area contributed by atoms with Crippen LogP contribution in [-0.2, 0) is 0 Å². The molecule has 0 aliphatic heterocycles. The van der Waals surface area contributed by atoms with Crippen LogP contribution in [-0.4, -0.2) is 32.7 Å². The van der Waals surface area contributed by atoms with Crippen molar-refractivity contribution >= 4 is 29.2 Å². The van der Waals surface area contributed by atoms with Crippen LogP contribution >= 0.6 is 23.2 Å². The van der Waals surface area contributed by atoms with Crippen LogP contribution in [0.4, 0.5) is 5.95 Å². The molecule has 5 nitrogen and oxygen atoms in total. The quantitative estimate of drug-likeness (QED) is 0.869. The summed E-state index contributed by atoms with van der Waals surface area (Å²) in [6.07, 6.45) is 2.53. The largest absolute Gasteiger partial charge is 0.393 e. The second kappa shape index (κ2) is 5.12. The van der Waals surface area contributed by atoms with E-state index in [0.717, 1.165) is 19.3 Å². The first-order valence-corrected chi connectivity index (χ1v) is 5.88. The summed E-state index contributed by atoms with van der Waals surface area (Å²) in [4.78, 5) is 11.5. The highest BCUT2D eigenvalue weighted by Crippen LogP contribution is 2.25. The summed E-state index contributed by atoms with van der Waals surface area (Å²) >= 11 is 11.3. The third-order valence-corrected chi connectivity index (χ3v) is 2.98. The number of nitrogens with zero attached hydrogens (tertiary/aromatic N) is 3. The molecule has 2 N–H and O–H groups in total. The number of aromatic nitrogens is 3. The minimum atomic E-state index is -0.169. The third kappa shape index (κ3) is 3.17. The molecule has 0 saturated heterocycles. The SMILES string of the molecule is OC1CCC(CNc2nc(Cl)nc(Cl)n2)C1. The highest BCUT2D eigenvalue weighted by Gasteiger charge is 2.22. The van der Waals surface area contributed by atoms with Crippen molar-refractivity contribution in [1.29, 1.82) is 0 Å². The Morgan fingerprint density at radius 2 is 1.88 bits per heavy atom. The molecular weight excluding hydrogens is 251 g/mol. The predicted octanol–water partition coefficient (Wildman–Crippen LogP) is 1.75. The Labute approximate surface area is 103 Å². The van der Waals surface area contributed by atoms with Crippen LogP contribution in [0, 0.1) is 5.92 Å². The van der Waals surface area contributed by atoms with Crippen molar-refractivity contribution in [2.24, 2.45) is 5.92 Å². The summed E-state index contributed by atoms with van der Waals surface area (Å²) in [5.41, 5.74) is 0. The molecule has 0 bridgehead atoms. The number of rotatable bonds is 3. The van der Waals surface area contributed by atoms with Crippen LogP contribution in [0.1, 0.15) is 19.3 Å². The third-order valence-electron chi connectivity index (χ3n) is 2.64. The van der Waals surface area contributed by atoms with E-state index in [9.17, 15) is 5.11 Å². The zero-order valence-corrected chi connectivity index (χ0v) is 10.0. The predicted molar refractivity (Wildman–Crippen MR) is 61.7 cm³/mol. The van der Waals surface area contributed by atoms with E-state index in [0.29, 0.717) is 18.4 Å². The minimum Gasteiger partial charge on any atom is -0.393 e. The maximum atomic E-state index is 9.37. The molecule has 88 valence electrons. The first-order valence-electron chi connectivity index (χ1n) is 5.12. The van der Waals surface area contributed by atoms with Gasteiger partial charge in [0.05, 0.1) is 6.10 Å². The Bertz CT molecular complexity index is 356. The van der Waals surface area contributed by atoms with E-state index in [1.807, 2.05) is 0 Å². The average molecular weight is 263 g/mol. The number of hydrogen-bond acceptors (Lipinski definition) is 5. The monoisotopic (exact) mass is 262 g/mol. The molecule has 1 saturated carbocycles. The van der Waals surface area contributed by atoms with Gasteiger partial charge in [-0.3, -0.25) is 0 Å². The zero-order valence-electron chi connectivity index (χ0n) is 8.53. The lowest BCUT2D eigenvalue weighted by molar-refractivity contribution is 0.178. The van der Waals surface area contributed by atoms with Crippen LogP contribution in [0.25, 0.3) is 0 Å². The first-order chi connectivity index (χ1) is 7.63. The van der Waals surface area contributed by atoms with Gasteiger partial charge < -0.3 is 10.4 Å². The van der Waals surface area contributed by atoms with Gasteiger partial charge in [-0.05, 0) is 48.4 Å². The van der Waals surface area contributed by atoms with Crippen molar-refractivity contribution in [3.63, 3.8) is 0 Å². The van der Waals surface area contributed by atoms with Crippen molar-refractivity contribution in [1.82, 2.24) is 15.0 Å². The molecule has 16 heavy (non-hydrogen) atoms. The van der Waals surface area contributed by atoms with Crippen LogP contribution in [0.5, 0.6) is 0 Å². The van der Waals surface area contributed by atoms with Gasteiger partial charge in [0.1, 0.15) is 0 Å². The van der Waals surface area contributed by atoms with Gasteiger partial charge in [0.25, 0.3) is 0 Å². The highest BCUT2D eigenvalue weighted by molar-refractivity contribution is 6.31. The van der Waals surface area contributed by atoms with Crippen molar-refractivity contribution in [2.45, 2.75) is 25.4 Å². The van der Waals surface area contributed by atoms with Gasteiger partial charge in [0.15, 0.2) is 0 Å². The topological polar surface area (TPSA) is 70.9 Å². The van der Waals surface area contributed by atoms with Gasteiger partial charge in [0, 0.05) is 6.54 Å². The number of aliphatic hydroxyl groups excluding tert-OH is 1. The Balaban J connectivity index is 1.89. The van der Waals surface area contributed by atoms with Gasteiger partial charge in [-0.15, -0.1) is 0 Å². The molecule has 1 aliphatic rings. The van der Waals surface area contributed by atoms with E-state index >= 15 is 0 Å². The maximum Gasteiger partial charge on any atom is 0.228 e. The summed E-state index contributed by atoms with van der Waals surface area (Å²) < 4.78 is 0. The van der Waals surface area contributed by atoms with E-state index in [2.05, 4.69) is 20.3 Å². The van der Waals surface area contributed by atoms with Crippen LogP contribution in [0.15, 0.2) is 0 Å². The molecule has 1 heterocycles. The summed E-state index contributed by atoms with van der Waals surface area (Å²) in [5.74, 6) is 0.829. The summed E-state index contributed by atoms with van der Waals surface area (Å²) in [6.45, 7) is 0.716. The fourth-order valence-electron chi connectivity index (χ4n) is 1.87. The summed E-state index contributed by atoms with van der Waals surface area (Å²) in [6, 6.07) is 0. The van der Waals surface area contributed by atoms with Crippen molar-refractivity contribution in [3.8, 4) is 0 Å². The molecular formula is C9H12Cl2N4O. The minimum absolute atomic E-state index is 0.0777. The second-order valence-corrected chi connectivity index (χ2v) is 4.59. The van der Waals surface area contributed by atoms with Gasteiger partial charge in [-0.2, -0.15) is 15.0 Å². The Morgan fingerprint density at radius 3 is 2.44 bits per heavy atom. The molecule has 7 heteroatoms. The van der Waals surface area contributed by atoms with E-state index in [1.165, 1.54) is 0 Å². The Hall–Kier alpha value is -0.650. The van der Waals surface area contributed by atoms with Crippen molar-refractivity contribution in [3.05, 3.63) is 10.6 Å². The molecule has 1 aromatic heterocycles.